The predicted octanol–water partition coefficient (Wildman–Crippen LogP) is 5.52. The van der Waals surface area contributed by atoms with E-state index >= 15 is 0 Å². The van der Waals surface area contributed by atoms with Gasteiger partial charge < -0.3 is 19.4 Å². The van der Waals surface area contributed by atoms with E-state index in [0.29, 0.717) is 23.1 Å². The van der Waals surface area contributed by atoms with Crippen LogP contribution in [0.1, 0.15) is 5.56 Å². The van der Waals surface area contributed by atoms with E-state index in [4.69, 9.17) is 21.1 Å². The second kappa shape index (κ2) is 8.93. The third-order valence-electron chi connectivity index (χ3n) is 4.76. The molecule has 1 aromatic heterocycles. The molecule has 0 aliphatic carbocycles. The zero-order valence-electron chi connectivity index (χ0n) is 16.5. The number of halogens is 1. The first-order valence-electron chi connectivity index (χ1n) is 9.52. The summed E-state index contributed by atoms with van der Waals surface area (Å²) in [7, 11) is 1.55. The second-order valence-corrected chi connectivity index (χ2v) is 7.24. The van der Waals surface area contributed by atoms with E-state index in [9.17, 15) is 4.79 Å². The maximum atomic E-state index is 12.6. The van der Waals surface area contributed by atoms with E-state index in [1.54, 1.807) is 25.3 Å². The zero-order valence-corrected chi connectivity index (χ0v) is 17.2. The maximum Gasteiger partial charge on any atom is 0.244 e. The van der Waals surface area contributed by atoms with Crippen LogP contribution in [-0.2, 0) is 17.9 Å². The number of hydrogen-bond donors (Lipinski definition) is 1. The molecule has 1 amide bonds. The molecule has 0 saturated heterocycles. The number of ether oxygens (including phenoxy) is 2. The van der Waals surface area contributed by atoms with Gasteiger partial charge in [0.15, 0.2) is 0 Å². The van der Waals surface area contributed by atoms with Gasteiger partial charge in [0.25, 0.3) is 0 Å². The van der Waals surface area contributed by atoms with Crippen molar-refractivity contribution < 1.29 is 14.3 Å². The van der Waals surface area contributed by atoms with Crippen LogP contribution in [0.2, 0.25) is 5.02 Å². The van der Waals surface area contributed by atoms with Crippen LogP contribution < -0.4 is 14.8 Å². The summed E-state index contributed by atoms with van der Waals surface area (Å²) >= 11 is 6.04. The summed E-state index contributed by atoms with van der Waals surface area (Å²) in [5.74, 6) is 1.16. The van der Waals surface area contributed by atoms with Crippen LogP contribution in [-0.4, -0.2) is 17.6 Å². The Morgan fingerprint density at radius 2 is 1.83 bits per heavy atom. The summed E-state index contributed by atoms with van der Waals surface area (Å²) < 4.78 is 13.2. The Balaban J connectivity index is 1.50. The Hall–Kier alpha value is -3.44. The number of carbonyl (C=O) groups is 1. The number of nitrogens with zero attached hydrogens (tertiary/aromatic N) is 1. The van der Waals surface area contributed by atoms with Gasteiger partial charge in [0.1, 0.15) is 24.7 Å². The molecule has 152 valence electrons. The van der Waals surface area contributed by atoms with Crippen molar-refractivity contribution in [2.24, 2.45) is 0 Å². The highest BCUT2D eigenvalue weighted by atomic mass is 35.5. The van der Waals surface area contributed by atoms with Gasteiger partial charge in [0.05, 0.1) is 18.3 Å². The highest BCUT2D eigenvalue weighted by Gasteiger charge is 2.12. The number of fused-ring (bicyclic) bond motifs is 1. The molecule has 0 aliphatic heterocycles. The average molecular weight is 421 g/mol. The average Bonchev–Trinajstić information content (AvgIpc) is 3.16. The molecule has 0 saturated carbocycles. The number of amides is 1. The third kappa shape index (κ3) is 4.42. The van der Waals surface area contributed by atoms with E-state index in [1.165, 1.54) is 0 Å². The van der Waals surface area contributed by atoms with E-state index in [1.807, 2.05) is 65.4 Å². The fourth-order valence-electron chi connectivity index (χ4n) is 3.32. The standard InChI is InChI=1S/C24H21ClN2O3/c1-29-23-11-10-18(25)14-20(23)26-24(28)15-27-13-12-19-21(27)8-5-9-22(19)30-16-17-6-3-2-4-7-17/h2-14H,15-16H2,1H3,(H,26,28). The number of hydrogen-bond acceptors (Lipinski definition) is 3. The van der Waals surface area contributed by atoms with Crippen LogP contribution in [0.15, 0.2) is 79.0 Å². The van der Waals surface area contributed by atoms with Crippen molar-refractivity contribution in [3.05, 3.63) is 89.6 Å². The number of aromatic nitrogens is 1. The number of methoxy groups -OCH3 is 1. The molecule has 30 heavy (non-hydrogen) atoms. The van der Waals surface area contributed by atoms with Gasteiger partial charge in [-0.2, -0.15) is 0 Å². The van der Waals surface area contributed by atoms with Crippen molar-refractivity contribution in [2.75, 3.05) is 12.4 Å². The molecule has 0 fully saturated rings. The van der Waals surface area contributed by atoms with Crippen molar-refractivity contribution in [1.29, 1.82) is 0 Å². The summed E-state index contributed by atoms with van der Waals surface area (Å²) in [6.07, 6.45) is 1.88. The molecule has 0 bridgehead atoms. The minimum absolute atomic E-state index is 0.154. The minimum Gasteiger partial charge on any atom is -0.495 e. The van der Waals surface area contributed by atoms with Crippen molar-refractivity contribution in [3.63, 3.8) is 0 Å². The van der Waals surface area contributed by atoms with E-state index < -0.39 is 0 Å². The van der Waals surface area contributed by atoms with Crippen LogP contribution >= 0.6 is 11.6 Å². The van der Waals surface area contributed by atoms with Crippen LogP contribution in [0.4, 0.5) is 5.69 Å². The second-order valence-electron chi connectivity index (χ2n) is 6.80. The first-order valence-corrected chi connectivity index (χ1v) is 9.90. The monoisotopic (exact) mass is 420 g/mol. The molecule has 3 aromatic carbocycles. The molecule has 0 spiro atoms. The number of carbonyl (C=O) groups excluding carboxylic acids is 1. The fourth-order valence-corrected chi connectivity index (χ4v) is 3.49. The summed E-state index contributed by atoms with van der Waals surface area (Å²) in [6, 6.07) is 22.9. The molecule has 0 atom stereocenters. The molecule has 0 aliphatic rings. The molecule has 0 radical (unpaired) electrons. The SMILES string of the molecule is COc1ccc(Cl)cc1NC(=O)Cn1ccc2c(OCc3ccccc3)cccc21. The minimum atomic E-state index is -0.177. The predicted molar refractivity (Wildman–Crippen MR) is 119 cm³/mol. The number of nitrogens with one attached hydrogen (secondary N) is 1. The zero-order chi connectivity index (χ0) is 20.9. The molecule has 1 heterocycles. The lowest BCUT2D eigenvalue weighted by Gasteiger charge is -2.12. The number of benzene rings is 3. The lowest BCUT2D eigenvalue weighted by molar-refractivity contribution is -0.116. The van der Waals surface area contributed by atoms with E-state index in [-0.39, 0.29) is 12.5 Å². The molecule has 0 unspecified atom stereocenters. The first kappa shape index (κ1) is 19.9. The molecule has 4 rings (SSSR count). The van der Waals surface area contributed by atoms with Gasteiger partial charge in [0.2, 0.25) is 5.91 Å². The van der Waals surface area contributed by atoms with Gasteiger partial charge in [-0.05, 0) is 42.0 Å². The molecule has 6 heteroatoms. The Morgan fingerprint density at radius 3 is 2.63 bits per heavy atom. The van der Waals surface area contributed by atoms with Crippen molar-refractivity contribution >= 4 is 34.1 Å². The highest BCUT2D eigenvalue weighted by Crippen LogP contribution is 2.29. The Morgan fingerprint density at radius 1 is 1.00 bits per heavy atom. The Kier molecular flexibility index (Phi) is 5.91. The van der Waals surface area contributed by atoms with E-state index in [2.05, 4.69) is 5.32 Å². The van der Waals surface area contributed by atoms with Crippen LogP contribution in [0, 0.1) is 0 Å². The summed E-state index contributed by atoms with van der Waals surface area (Å²) in [5.41, 5.74) is 2.57. The summed E-state index contributed by atoms with van der Waals surface area (Å²) in [5, 5.41) is 4.35. The normalized spacial score (nSPS) is 10.7. The van der Waals surface area contributed by atoms with Crippen LogP contribution in [0.5, 0.6) is 11.5 Å². The number of anilines is 1. The third-order valence-corrected chi connectivity index (χ3v) is 5.00. The van der Waals surface area contributed by atoms with Crippen LogP contribution in [0.25, 0.3) is 10.9 Å². The molecule has 4 aromatic rings. The van der Waals surface area contributed by atoms with Gasteiger partial charge in [-0.25, -0.2) is 0 Å². The molecule has 5 nitrogen and oxygen atoms in total. The fraction of sp³-hybridized carbons (Fsp3) is 0.125. The van der Waals surface area contributed by atoms with Gasteiger partial charge in [-0.3, -0.25) is 4.79 Å². The largest absolute Gasteiger partial charge is 0.495 e. The topological polar surface area (TPSA) is 52.5 Å². The lowest BCUT2D eigenvalue weighted by atomic mass is 10.2. The summed E-state index contributed by atoms with van der Waals surface area (Å²) in [6.45, 7) is 0.640. The molecule has 1 N–H and O–H groups in total. The quantitative estimate of drug-likeness (QED) is 0.428. The van der Waals surface area contributed by atoms with Gasteiger partial charge in [-0.15, -0.1) is 0 Å². The van der Waals surface area contributed by atoms with Crippen LogP contribution in [0.3, 0.4) is 0 Å². The smallest absolute Gasteiger partial charge is 0.244 e. The molecular weight excluding hydrogens is 400 g/mol. The van der Waals surface area contributed by atoms with Gasteiger partial charge in [-0.1, -0.05) is 48.0 Å². The van der Waals surface area contributed by atoms with Crippen molar-refractivity contribution in [2.45, 2.75) is 13.2 Å². The summed E-state index contributed by atoms with van der Waals surface area (Å²) in [4.78, 5) is 12.6. The van der Waals surface area contributed by atoms with Gasteiger partial charge >= 0.3 is 0 Å². The molecular formula is C24H21ClN2O3. The van der Waals surface area contributed by atoms with Crippen molar-refractivity contribution in [1.82, 2.24) is 4.57 Å². The Labute approximate surface area is 179 Å². The van der Waals surface area contributed by atoms with Gasteiger partial charge in [0, 0.05) is 16.6 Å². The first-order chi connectivity index (χ1) is 14.6. The highest BCUT2D eigenvalue weighted by molar-refractivity contribution is 6.31. The maximum absolute atomic E-state index is 12.6. The van der Waals surface area contributed by atoms with Crippen molar-refractivity contribution in [3.8, 4) is 11.5 Å². The van der Waals surface area contributed by atoms with E-state index in [0.717, 1.165) is 22.2 Å². The Bertz CT molecular complexity index is 1170. The lowest BCUT2D eigenvalue weighted by Crippen LogP contribution is -2.18. The number of rotatable bonds is 7.